The van der Waals surface area contributed by atoms with E-state index in [0.717, 1.165) is 18.8 Å². The van der Waals surface area contributed by atoms with Crippen molar-refractivity contribution in [3.63, 3.8) is 0 Å². The van der Waals surface area contributed by atoms with Gasteiger partial charge in [-0.1, -0.05) is 19.8 Å². The number of hydrogen-bond donors (Lipinski definition) is 2. The molecule has 1 aliphatic rings. The van der Waals surface area contributed by atoms with Crippen molar-refractivity contribution in [2.45, 2.75) is 39.0 Å². The van der Waals surface area contributed by atoms with Gasteiger partial charge in [0.2, 0.25) is 0 Å². The average Bonchev–Trinajstić information content (AvgIpc) is 2.88. The van der Waals surface area contributed by atoms with E-state index in [4.69, 9.17) is 0 Å². The molecule has 0 aromatic rings. The van der Waals surface area contributed by atoms with Gasteiger partial charge >= 0.3 is 5.90 Å². The van der Waals surface area contributed by atoms with Gasteiger partial charge in [-0.15, -0.1) is 0 Å². The third kappa shape index (κ3) is 2.84. The van der Waals surface area contributed by atoms with Gasteiger partial charge < -0.3 is 5.11 Å². The van der Waals surface area contributed by atoms with E-state index in [9.17, 15) is 5.11 Å². The molecule has 0 bridgehead atoms. The monoisotopic (exact) mass is 170 g/mol. The molecule has 1 saturated carbocycles. The summed E-state index contributed by atoms with van der Waals surface area (Å²) < 4.78 is 0. The second-order valence-corrected chi connectivity index (χ2v) is 3.76. The van der Waals surface area contributed by atoms with Gasteiger partial charge in [0.05, 0.1) is 5.92 Å². The predicted molar refractivity (Wildman–Crippen MR) is 50.3 cm³/mol. The zero-order valence-electron chi connectivity index (χ0n) is 8.14. The Balaban J connectivity index is 2.23. The highest BCUT2D eigenvalue weighted by Gasteiger charge is 2.25. The molecular weight excluding hydrogens is 150 g/mol. The fourth-order valence-corrected chi connectivity index (χ4v) is 1.58. The third-order valence-corrected chi connectivity index (χ3v) is 2.76. The molecule has 2 N–H and O–H groups in total. The maximum absolute atomic E-state index is 9.46. The first kappa shape index (κ1) is 9.56. The molecule has 0 radical (unpaired) electrons. The highest BCUT2D eigenvalue weighted by Crippen LogP contribution is 2.34. The summed E-state index contributed by atoms with van der Waals surface area (Å²) in [7, 11) is 1.79. The summed E-state index contributed by atoms with van der Waals surface area (Å²) in [6.45, 7) is 2.13. The van der Waals surface area contributed by atoms with E-state index >= 15 is 0 Å². The topological polar surface area (TPSA) is 34.2 Å². The third-order valence-electron chi connectivity index (χ3n) is 2.76. The Morgan fingerprint density at radius 3 is 2.67 bits per heavy atom. The van der Waals surface area contributed by atoms with E-state index < -0.39 is 0 Å². The first-order valence-corrected chi connectivity index (χ1v) is 5.01. The molecule has 1 atom stereocenters. The van der Waals surface area contributed by atoms with Crippen LogP contribution >= 0.6 is 0 Å². The van der Waals surface area contributed by atoms with Crippen LogP contribution in [0.5, 0.6) is 0 Å². The Hall–Kier alpha value is -0.530. The minimum absolute atomic E-state index is 0.371. The van der Waals surface area contributed by atoms with E-state index in [-0.39, 0.29) is 0 Å². The molecule has 1 unspecified atom stereocenters. The van der Waals surface area contributed by atoms with E-state index in [1.54, 1.807) is 7.05 Å². The number of aliphatic hydroxyl groups is 1. The number of nitrogens with one attached hydrogen (secondary N) is 1. The molecule has 0 aliphatic heterocycles. The molecule has 0 heterocycles. The molecule has 0 saturated heterocycles. The molecule has 0 spiro atoms. The lowest BCUT2D eigenvalue weighted by Crippen LogP contribution is -2.69. The molecule has 12 heavy (non-hydrogen) atoms. The Labute approximate surface area is 74.7 Å². The molecule has 2 heteroatoms. The van der Waals surface area contributed by atoms with Gasteiger partial charge in [-0.25, -0.2) is 4.99 Å². The molecule has 1 aliphatic carbocycles. The van der Waals surface area contributed by atoms with Crippen LogP contribution < -0.4 is 4.99 Å². The van der Waals surface area contributed by atoms with Crippen molar-refractivity contribution >= 4 is 5.90 Å². The summed E-state index contributed by atoms with van der Waals surface area (Å²) in [4.78, 5) is 2.83. The molecule has 0 aromatic heterocycles. The fourth-order valence-electron chi connectivity index (χ4n) is 1.58. The summed E-state index contributed by atoms with van der Waals surface area (Å²) in [5, 5.41) is 9.46. The zero-order chi connectivity index (χ0) is 8.97. The fraction of sp³-hybridized carbons (Fsp3) is 0.900. The lowest BCUT2D eigenvalue weighted by molar-refractivity contribution is -0.433. The van der Waals surface area contributed by atoms with Gasteiger partial charge in [-0.05, 0) is 25.2 Å². The van der Waals surface area contributed by atoms with Gasteiger partial charge in [0.25, 0.3) is 0 Å². The van der Waals surface area contributed by atoms with Crippen LogP contribution in [-0.2, 0) is 0 Å². The van der Waals surface area contributed by atoms with E-state index in [0.29, 0.717) is 11.8 Å². The van der Waals surface area contributed by atoms with Crippen LogP contribution in [-0.4, -0.2) is 18.1 Å². The minimum atomic E-state index is 0.371. The molecule has 0 amide bonds. The van der Waals surface area contributed by atoms with E-state index in [2.05, 4.69) is 11.9 Å². The van der Waals surface area contributed by atoms with Crippen LogP contribution in [0, 0.1) is 11.8 Å². The molecule has 0 aromatic carbocycles. The van der Waals surface area contributed by atoms with Crippen LogP contribution in [0.4, 0.5) is 0 Å². The summed E-state index contributed by atoms with van der Waals surface area (Å²) in [5.41, 5.74) is 0. The van der Waals surface area contributed by atoms with Crippen LogP contribution in [0.3, 0.4) is 0 Å². The molecular formula is C10H20NO+. The Bertz CT molecular complexity index is 161. The van der Waals surface area contributed by atoms with Crippen LogP contribution in [0.15, 0.2) is 0 Å². The number of rotatable bonds is 5. The van der Waals surface area contributed by atoms with Crippen LogP contribution in [0.2, 0.25) is 0 Å². The van der Waals surface area contributed by atoms with Crippen LogP contribution in [0.1, 0.15) is 39.0 Å². The summed E-state index contributed by atoms with van der Waals surface area (Å²) >= 11 is 0. The van der Waals surface area contributed by atoms with Crippen molar-refractivity contribution in [1.82, 2.24) is 0 Å². The maximum Gasteiger partial charge on any atom is 0.335 e. The van der Waals surface area contributed by atoms with Gasteiger partial charge in [0.1, 0.15) is 7.05 Å². The SMILES string of the molecule is CCC(CCC1CC1)C(O)=[NH+]C. The second-order valence-electron chi connectivity index (χ2n) is 3.76. The highest BCUT2D eigenvalue weighted by atomic mass is 16.3. The average molecular weight is 170 g/mol. The summed E-state index contributed by atoms with van der Waals surface area (Å²) in [6.07, 6.45) is 6.31. The van der Waals surface area contributed by atoms with Gasteiger partial charge in [0, 0.05) is 0 Å². The van der Waals surface area contributed by atoms with Crippen molar-refractivity contribution in [1.29, 1.82) is 0 Å². The maximum atomic E-state index is 9.46. The highest BCUT2D eigenvalue weighted by molar-refractivity contribution is 5.70. The number of hydrogen-bond acceptors (Lipinski definition) is 0. The van der Waals surface area contributed by atoms with Gasteiger partial charge in [-0.3, -0.25) is 0 Å². The Morgan fingerprint density at radius 1 is 1.58 bits per heavy atom. The number of aliphatic hydroxyl groups excluding tert-OH is 1. The lowest BCUT2D eigenvalue weighted by atomic mass is 9.98. The summed E-state index contributed by atoms with van der Waals surface area (Å²) in [6, 6.07) is 0. The standard InChI is InChI=1S/C10H19NO/c1-3-9(10(12)11-2)7-6-8-4-5-8/h8-9H,3-7H2,1-2H3,(H,11,12)/p+1. The van der Waals surface area contributed by atoms with Crippen molar-refractivity contribution < 1.29 is 10.1 Å². The van der Waals surface area contributed by atoms with E-state index in [1.807, 2.05) is 0 Å². The second kappa shape index (κ2) is 4.48. The minimum Gasteiger partial charge on any atom is -0.463 e. The van der Waals surface area contributed by atoms with Crippen molar-refractivity contribution in [3.05, 3.63) is 0 Å². The zero-order valence-corrected chi connectivity index (χ0v) is 8.14. The Morgan fingerprint density at radius 2 is 2.25 bits per heavy atom. The smallest absolute Gasteiger partial charge is 0.335 e. The molecule has 1 fully saturated rings. The quantitative estimate of drug-likeness (QED) is 0.466. The summed E-state index contributed by atoms with van der Waals surface area (Å²) in [5.74, 6) is 1.82. The van der Waals surface area contributed by atoms with Crippen molar-refractivity contribution in [2.75, 3.05) is 7.05 Å². The Kier molecular flexibility index (Phi) is 3.57. The lowest BCUT2D eigenvalue weighted by Gasteiger charge is -2.07. The molecule has 1 rings (SSSR count). The first-order valence-electron chi connectivity index (χ1n) is 5.01. The van der Waals surface area contributed by atoms with Gasteiger partial charge in [-0.2, -0.15) is 0 Å². The van der Waals surface area contributed by atoms with Crippen LogP contribution in [0.25, 0.3) is 0 Å². The first-order chi connectivity index (χ1) is 5.77. The molecule has 2 nitrogen and oxygen atoms in total. The predicted octanol–water partition coefficient (Wildman–Crippen LogP) is 0.870. The van der Waals surface area contributed by atoms with E-state index in [1.165, 1.54) is 19.3 Å². The molecule has 70 valence electrons. The van der Waals surface area contributed by atoms with Gasteiger partial charge in [0.15, 0.2) is 0 Å². The normalized spacial score (nSPS) is 21.0. The van der Waals surface area contributed by atoms with Crippen molar-refractivity contribution in [2.24, 2.45) is 11.8 Å². The largest absolute Gasteiger partial charge is 0.463 e. The van der Waals surface area contributed by atoms with Crippen molar-refractivity contribution in [3.8, 4) is 0 Å².